The van der Waals surface area contributed by atoms with Crippen LogP contribution in [0.15, 0.2) is 23.8 Å². The molecule has 1 rings (SSSR count). The summed E-state index contributed by atoms with van der Waals surface area (Å²) in [4.78, 5) is 0. The lowest BCUT2D eigenvalue weighted by molar-refractivity contribution is 1.43. The van der Waals surface area contributed by atoms with Gasteiger partial charge in [-0.1, -0.05) is 12.2 Å². The summed E-state index contributed by atoms with van der Waals surface area (Å²) in [6.45, 7) is 0. The monoisotopic (exact) mass is 91.0 g/mol. The highest BCUT2D eigenvalue weighted by molar-refractivity contribution is 5.37. The van der Waals surface area contributed by atoms with E-state index in [4.69, 9.17) is 5.26 Å². The van der Waals surface area contributed by atoms with Crippen LogP contribution in [0.2, 0.25) is 0 Å². The number of nitriles is 1. The largest absolute Gasteiger partial charge is 0.192 e. The lowest BCUT2D eigenvalue weighted by Gasteiger charge is -1.69. The zero-order chi connectivity index (χ0) is 5.11. The van der Waals surface area contributed by atoms with Crippen molar-refractivity contribution in [2.75, 3.05) is 0 Å². The number of hydrogen-bond acceptors (Lipinski definition) is 1. The second-order valence-electron chi connectivity index (χ2n) is 1.41. The SMILES string of the molecule is N#CC1=CCC=C1. The average Bonchev–Trinajstić information content (AvgIpc) is 2.14. The quantitative estimate of drug-likeness (QED) is 0.442. The van der Waals surface area contributed by atoms with Crippen LogP contribution in [0.5, 0.6) is 0 Å². The number of hydrogen-bond donors (Lipinski definition) is 0. The highest BCUT2D eigenvalue weighted by Gasteiger charge is 1.90. The molecule has 0 heterocycles. The van der Waals surface area contributed by atoms with Gasteiger partial charge in [-0.15, -0.1) is 0 Å². The van der Waals surface area contributed by atoms with Crippen molar-refractivity contribution < 1.29 is 0 Å². The molecule has 7 heavy (non-hydrogen) atoms. The predicted molar refractivity (Wildman–Crippen MR) is 27.5 cm³/mol. The molecule has 0 amide bonds. The fourth-order valence-electron chi connectivity index (χ4n) is 0.541. The molecule has 0 fully saturated rings. The van der Waals surface area contributed by atoms with Crippen LogP contribution in [-0.2, 0) is 0 Å². The number of allylic oxidation sites excluding steroid dienone is 4. The van der Waals surface area contributed by atoms with Crippen molar-refractivity contribution in [1.82, 2.24) is 0 Å². The molecule has 1 heteroatoms. The summed E-state index contributed by atoms with van der Waals surface area (Å²) in [7, 11) is 0. The van der Waals surface area contributed by atoms with Gasteiger partial charge in [0.25, 0.3) is 0 Å². The fourth-order valence-corrected chi connectivity index (χ4v) is 0.541. The minimum absolute atomic E-state index is 0.792. The summed E-state index contributed by atoms with van der Waals surface area (Å²) in [5.41, 5.74) is 0.792. The van der Waals surface area contributed by atoms with E-state index in [2.05, 4.69) is 0 Å². The summed E-state index contributed by atoms with van der Waals surface area (Å²) < 4.78 is 0. The highest BCUT2D eigenvalue weighted by Crippen LogP contribution is 2.05. The lowest BCUT2D eigenvalue weighted by atomic mass is 10.3. The van der Waals surface area contributed by atoms with Crippen LogP contribution in [-0.4, -0.2) is 0 Å². The van der Waals surface area contributed by atoms with Crippen molar-refractivity contribution >= 4 is 0 Å². The maximum absolute atomic E-state index is 8.20. The Labute approximate surface area is 42.6 Å². The van der Waals surface area contributed by atoms with E-state index >= 15 is 0 Å². The molecule has 0 N–H and O–H groups in total. The maximum Gasteiger partial charge on any atom is 0.0988 e. The molecule has 0 spiro atoms. The van der Waals surface area contributed by atoms with Crippen molar-refractivity contribution in [3.8, 4) is 6.07 Å². The van der Waals surface area contributed by atoms with E-state index in [1.807, 2.05) is 24.3 Å². The van der Waals surface area contributed by atoms with Crippen LogP contribution in [0.4, 0.5) is 0 Å². The topological polar surface area (TPSA) is 23.8 Å². The van der Waals surface area contributed by atoms with E-state index in [-0.39, 0.29) is 0 Å². The summed E-state index contributed by atoms with van der Waals surface area (Å²) in [6.07, 6.45) is 6.64. The molecule has 0 saturated heterocycles. The zero-order valence-corrected chi connectivity index (χ0v) is 3.89. The Bertz CT molecular complexity index is 158. The van der Waals surface area contributed by atoms with Gasteiger partial charge in [0.05, 0.1) is 6.07 Å². The van der Waals surface area contributed by atoms with Crippen LogP contribution in [0.25, 0.3) is 0 Å². The van der Waals surface area contributed by atoms with Gasteiger partial charge in [0.2, 0.25) is 0 Å². The van der Waals surface area contributed by atoms with Crippen LogP contribution in [0, 0.1) is 11.3 Å². The molecule has 1 aliphatic rings. The molecule has 1 aliphatic carbocycles. The molecule has 0 saturated carbocycles. The molecule has 0 bridgehead atoms. The van der Waals surface area contributed by atoms with E-state index in [1.165, 1.54) is 0 Å². The molecule has 0 unspecified atom stereocenters. The Balaban J connectivity index is 2.75. The van der Waals surface area contributed by atoms with Gasteiger partial charge in [0.15, 0.2) is 0 Å². The molecular weight excluding hydrogens is 86.1 g/mol. The van der Waals surface area contributed by atoms with Gasteiger partial charge in [-0.25, -0.2) is 0 Å². The van der Waals surface area contributed by atoms with Crippen LogP contribution in [0.3, 0.4) is 0 Å². The smallest absolute Gasteiger partial charge is 0.0988 e. The average molecular weight is 91.1 g/mol. The standard InChI is InChI=1S/C6H5N/c7-5-6-3-1-2-4-6/h1,3-4H,2H2. The Morgan fingerprint density at radius 1 is 1.71 bits per heavy atom. The second kappa shape index (κ2) is 1.61. The van der Waals surface area contributed by atoms with Gasteiger partial charge in [0, 0.05) is 5.57 Å². The van der Waals surface area contributed by atoms with Crippen LogP contribution < -0.4 is 0 Å². The molecular formula is C6H5N. The van der Waals surface area contributed by atoms with Gasteiger partial charge in [-0.3, -0.25) is 0 Å². The van der Waals surface area contributed by atoms with Crippen molar-refractivity contribution in [3.05, 3.63) is 23.8 Å². The number of rotatable bonds is 0. The molecule has 0 radical (unpaired) electrons. The third-order valence-corrected chi connectivity index (χ3v) is 0.900. The summed E-state index contributed by atoms with van der Waals surface area (Å²) in [6, 6.07) is 2.04. The zero-order valence-electron chi connectivity index (χ0n) is 3.89. The molecule has 0 aromatic rings. The van der Waals surface area contributed by atoms with Crippen molar-refractivity contribution in [1.29, 1.82) is 5.26 Å². The molecule has 0 atom stereocenters. The fraction of sp³-hybridized carbons (Fsp3) is 0.167. The first-order chi connectivity index (χ1) is 3.43. The third kappa shape index (κ3) is 0.690. The lowest BCUT2D eigenvalue weighted by Crippen LogP contribution is -1.58. The highest BCUT2D eigenvalue weighted by atomic mass is 14.2. The first-order valence-corrected chi connectivity index (χ1v) is 2.20. The first kappa shape index (κ1) is 4.14. The maximum atomic E-state index is 8.20. The van der Waals surface area contributed by atoms with E-state index in [1.54, 1.807) is 0 Å². The molecule has 1 nitrogen and oxygen atoms in total. The Morgan fingerprint density at radius 3 is 2.86 bits per heavy atom. The van der Waals surface area contributed by atoms with Gasteiger partial charge >= 0.3 is 0 Å². The minimum atomic E-state index is 0.792. The Morgan fingerprint density at radius 2 is 2.57 bits per heavy atom. The van der Waals surface area contributed by atoms with Crippen LogP contribution >= 0.6 is 0 Å². The molecule has 0 aliphatic heterocycles. The van der Waals surface area contributed by atoms with Gasteiger partial charge < -0.3 is 0 Å². The Hall–Kier alpha value is -1.03. The summed E-state index contributed by atoms with van der Waals surface area (Å²) >= 11 is 0. The van der Waals surface area contributed by atoms with Crippen molar-refractivity contribution in [2.24, 2.45) is 0 Å². The summed E-state index contributed by atoms with van der Waals surface area (Å²) in [5.74, 6) is 0. The van der Waals surface area contributed by atoms with E-state index in [9.17, 15) is 0 Å². The third-order valence-electron chi connectivity index (χ3n) is 0.900. The molecule has 34 valence electrons. The predicted octanol–water partition coefficient (Wildman–Crippen LogP) is 1.40. The van der Waals surface area contributed by atoms with E-state index in [0.29, 0.717) is 0 Å². The molecule has 0 aromatic heterocycles. The van der Waals surface area contributed by atoms with E-state index < -0.39 is 0 Å². The molecule has 0 aromatic carbocycles. The van der Waals surface area contributed by atoms with Crippen LogP contribution in [0.1, 0.15) is 6.42 Å². The normalized spacial score (nSPS) is 16.1. The van der Waals surface area contributed by atoms with Crippen molar-refractivity contribution in [2.45, 2.75) is 6.42 Å². The van der Waals surface area contributed by atoms with E-state index in [0.717, 1.165) is 12.0 Å². The minimum Gasteiger partial charge on any atom is -0.192 e. The van der Waals surface area contributed by atoms with Crippen molar-refractivity contribution in [3.63, 3.8) is 0 Å². The van der Waals surface area contributed by atoms with Gasteiger partial charge in [-0.05, 0) is 12.5 Å². The van der Waals surface area contributed by atoms with Gasteiger partial charge in [0.1, 0.15) is 0 Å². The van der Waals surface area contributed by atoms with Gasteiger partial charge in [-0.2, -0.15) is 5.26 Å². The summed E-state index contributed by atoms with van der Waals surface area (Å²) in [5, 5.41) is 8.20. The first-order valence-electron chi connectivity index (χ1n) is 2.20. The number of nitrogens with zero attached hydrogens (tertiary/aromatic N) is 1. The Kier molecular flexibility index (Phi) is 0.953. The second-order valence-corrected chi connectivity index (χ2v) is 1.41.